The maximum Gasteiger partial charge on any atom is 0.170 e. The second-order valence-electron chi connectivity index (χ2n) is 13.3. The molecule has 5 heteroatoms. The fraction of sp³-hybridized carbons (Fsp3) is 0.571. The Labute approximate surface area is 240 Å². The molecule has 40 heavy (non-hydrogen) atoms. The minimum absolute atomic E-state index is 0.157. The number of carbonyl (C=O) groups excluding carboxylic acids is 1. The quantitative estimate of drug-likeness (QED) is 0.250. The summed E-state index contributed by atoms with van der Waals surface area (Å²) in [6, 6.07) is 20.3. The van der Waals surface area contributed by atoms with E-state index in [9.17, 15) is 9.36 Å². The highest BCUT2D eigenvalue weighted by atomic mass is 31.2. The normalized spacial score (nSPS) is 35.8. The molecule has 4 saturated carbocycles. The smallest absolute Gasteiger partial charge is 0.170 e. The molecule has 6 unspecified atom stereocenters. The molecular formula is C35H45O4P. The van der Waals surface area contributed by atoms with Crippen molar-refractivity contribution in [2.45, 2.75) is 71.0 Å². The van der Waals surface area contributed by atoms with E-state index in [4.69, 9.17) is 9.47 Å². The maximum absolute atomic E-state index is 14.9. The van der Waals surface area contributed by atoms with Gasteiger partial charge in [-0.2, -0.15) is 0 Å². The molecule has 2 aromatic carbocycles. The molecule has 8 atom stereocenters. The molecule has 4 fully saturated rings. The van der Waals surface area contributed by atoms with Gasteiger partial charge in [0.15, 0.2) is 5.78 Å². The van der Waals surface area contributed by atoms with Crippen molar-refractivity contribution in [2.24, 2.45) is 34.5 Å². The summed E-state index contributed by atoms with van der Waals surface area (Å²) < 4.78 is 26.5. The molecule has 6 rings (SSSR count). The lowest BCUT2D eigenvalue weighted by Crippen LogP contribution is -2.39. The molecule has 214 valence electrons. The lowest BCUT2D eigenvalue weighted by Gasteiger charge is -2.45. The molecule has 4 aliphatic rings. The zero-order chi connectivity index (χ0) is 28.1. The lowest BCUT2D eigenvalue weighted by atomic mass is 9.61. The number of methoxy groups -OCH3 is 2. The van der Waals surface area contributed by atoms with E-state index in [-0.39, 0.29) is 28.8 Å². The van der Waals surface area contributed by atoms with Gasteiger partial charge in [0, 0.05) is 31.0 Å². The van der Waals surface area contributed by atoms with Crippen LogP contribution in [-0.2, 0) is 18.8 Å². The van der Waals surface area contributed by atoms with Crippen LogP contribution in [0, 0.1) is 34.5 Å². The molecule has 0 aliphatic heterocycles. The first-order valence-electron chi connectivity index (χ1n) is 15.3. The van der Waals surface area contributed by atoms with Gasteiger partial charge in [-0.1, -0.05) is 86.2 Å². The first-order valence-corrected chi connectivity index (χ1v) is 17.2. The van der Waals surface area contributed by atoms with E-state index in [1.165, 1.54) is 31.3 Å². The summed E-state index contributed by atoms with van der Waals surface area (Å²) in [5.41, 5.74) is 1.30. The molecule has 2 aromatic rings. The minimum Gasteiger partial charge on any atom is -0.376 e. The van der Waals surface area contributed by atoms with Crippen molar-refractivity contribution >= 4 is 23.5 Å². The minimum atomic E-state index is -2.77. The highest BCUT2D eigenvalue weighted by Crippen LogP contribution is 2.66. The zero-order valence-electron chi connectivity index (χ0n) is 24.6. The Kier molecular flexibility index (Phi) is 7.51. The van der Waals surface area contributed by atoms with Gasteiger partial charge in [-0.25, -0.2) is 0 Å². The van der Waals surface area contributed by atoms with Gasteiger partial charge in [0.1, 0.15) is 13.2 Å². The Hall–Kier alpha value is -2.00. The van der Waals surface area contributed by atoms with Crippen molar-refractivity contribution in [3.8, 4) is 0 Å². The van der Waals surface area contributed by atoms with Crippen LogP contribution >= 0.6 is 7.14 Å². The number of hydrogen-bond donors (Lipinski definition) is 0. The van der Waals surface area contributed by atoms with Gasteiger partial charge in [0.05, 0.1) is 11.5 Å². The summed E-state index contributed by atoms with van der Waals surface area (Å²) in [5.74, 6) is 1.99. The standard InChI is InChI=1S/C35H45O4P/c1-24(23-40(37,27-13-7-5-8-14-27)28-15-9-6-10-16-28)29-17-18-30-25(12-11-19-34(29,30)2)20-32(39-4)35-22-26(35)21-31(38-3)33(35)36/h5-10,13-16,20,24,26,29-32H,11-12,17-19,21-23H2,1-4H3/b25-20-/t24-,26?,29?,30?,31?,32?,34-,35?/m1/s1. The maximum atomic E-state index is 14.9. The third-order valence-electron chi connectivity index (χ3n) is 11.4. The van der Waals surface area contributed by atoms with E-state index >= 15 is 0 Å². The molecule has 4 nitrogen and oxygen atoms in total. The second-order valence-corrected chi connectivity index (χ2v) is 16.2. The van der Waals surface area contributed by atoms with E-state index in [2.05, 4.69) is 44.2 Å². The molecule has 0 radical (unpaired) electrons. The number of hydrogen-bond acceptors (Lipinski definition) is 4. The highest BCUT2D eigenvalue weighted by Gasteiger charge is 2.70. The molecule has 0 amide bonds. The number of ketones is 1. The Bertz CT molecular complexity index is 1260. The van der Waals surface area contributed by atoms with Gasteiger partial charge in [0.2, 0.25) is 0 Å². The monoisotopic (exact) mass is 560 g/mol. The number of Topliss-reactive ketones (excluding diaryl/α,β-unsaturated/α-hetero) is 1. The van der Waals surface area contributed by atoms with Crippen LogP contribution in [0.3, 0.4) is 0 Å². The van der Waals surface area contributed by atoms with Crippen LogP contribution in [0.5, 0.6) is 0 Å². The highest BCUT2D eigenvalue weighted by molar-refractivity contribution is 7.78. The predicted molar refractivity (Wildman–Crippen MR) is 162 cm³/mol. The van der Waals surface area contributed by atoms with Gasteiger partial charge in [-0.3, -0.25) is 4.79 Å². The molecule has 0 spiro atoms. The summed E-state index contributed by atoms with van der Waals surface area (Å²) in [7, 11) is 0.654. The van der Waals surface area contributed by atoms with Crippen LogP contribution in [0.2, 0.25) is 0 Å². The summed E-state index contributed by atoms with van der Waals surface area (Å²) >= 11 is 0. The lowest BCUT2D eigenvalue weighted by molar-refractivity contribution is -0.134. The predicted octanol–water partition coefficient (Wildman–Crippen LogP) is 6.79. The topological polar surface area (TPSA) is 52.6 Å². The van der Waals surface area contributed by atoms with Gasteiger partial charge < -0.3 is 14.0 Å². The molecule has 4 aliphatic carbocycles. The number of rotatable bonds is 9. The van der Waals surface area contributed by atoms with E-state index in [0.29, 0.717) is 29.8 Å². The first-order chi connectivity index (χ1) is 19.3. The van der Waals surface area contributed by atoms with Gasteiger partial charge in [-0.15, -0.1) is 0 Å². The van der Waals surface area contributed by atoms with E-state index in [1.54, 1.807) is 14.2 Å². The van der Waals surface area contributed by atoms with Crippen LogP contribution in [0.25, 0.3) is 0 Å². The van der Waals surface area contributed by atoms with Crippen LogP contribution in [-0.4, -0.2) is 38.4 Å². The van der Waals surface area contributed by atoms with Gasteiger partial charge >= 0.3 is 0 Å². The number of carbonyl (C=O) groups is 1. The van der Waals surface area contributed by atoms with Crippen LogP contribution in [0.15, 0.2) is 72.3 Å². The summed E-state index contributed by atoms with van der Waals surface area (Å²) in [4.78, 5) is 13.3. The fourth-order valence-electron chi connectivity index (χ4n) is 9.37. The van der Waals surface area contributed by atoms with E-state index in [0.717, 1.165) is 29.9 Å². The Morgan fingerprint density at radius 3 is 2.25 bits per heavy atom. The van der Waals surface area contributed by atoms with Crippen molar-refractivity contribution in [1.29, 1.82) is 0 Å². The third kappa shape index (κ3) is 4.41. The summed E-state index contributed by atoms with van der Waals surface area (Å²) in [6.07, 6.45) is 10.2. The van der Waals surface area contributed by atoms with E-state index in [1.807, 2.05) is 36.4 Å². The number of benzene rings is 2. The summed E-state index contributed by atoms with van der Waals surface area (Å²) in [6.45, 7) is 4.85. The Morgan fingerprint density at radius 1 is 1.02 bits per heavy atom. The first kappa shape index (κ1) is 28.1. The van der Waals surface area contributed by atoms with Crippen LogP contribution in [0.1, 0.15) is 58.8 Å². The van der Waals surface area contributed by atoms with Crippen molar-refractivity contribution in [3.63, 3.8) is 0 Å². The SMILES string of the molecule is COC1CC2CC2(C(/C=C2/CCC[C@@]3(C)C2CCC3[C@H](C)CP(=O)(c2ccccc2)c2ccccc2)OC)C1=O. The van der Waals surface area contributed by atoms with Crippen LogP contribution < -0.4 is 10.6 Å². The second kappa shape index (κ2) is 10.7. The van der Waals surface area contributed by atoms with Gasteiger partial charge in [-0.05, 0) is 74.0 Å². The van der Waals surface area contributed by atoms with Crippen LogP contribution in [0.4, 0.5) is 0 Å². The average molecular weight is 561 g/mol. The number of allylic oxidation sites excluding steroid dienone is 1. The largest absolute Gasteiger partial charge is 0.376 e. The third-order valence-corrected chi connectivity index (χ3v) is 14.8. The molecule has 0 saturated heterocycles. The Morgan fingerprint density at radius 2 is 1.68 bits per heavy atom. The molecular weight excluding hydrogens is 515 g/mol. The zero-order valence-corrected chi connectivity index (χ0v) is 25.4. The van der Waals surface area contributed by atoms with Crippen molar-refractivity contribution in [3.05, 3.63) is 72.3 Å². The molecule has 0 bridgehead atoms. The Balaban J connectivity index is 1.26. The van der Waals surface area contributed by atoms with Crippen molar-refractivity contribution < 1.29 is 18.8 Å². The van der Waals surface area contributed by atoms with Gasteiger partial charge in [0.25, 0.3) is 0 Å². The fourth-order valence-corrected chi connectivity index (χ4v) is 12.5. The number of fused-ring (bicyclic) bond motifs is 2. The van der Waals surface area contributed by atoms with Crippen molar-refractivity contribution in [1.82, 2.24) is 0 Å². The summed E-state index contributed by atoms with van der Waals surface area (Å²) in [5, 5.41) is 1.93. The molecule has 0 N–H and O–H groups in total. The number of ether oxygens (including phenoxy) is 2. The average Bonchev–Trinajstić information content (AvgIpc) is 3.48. The molecule has 0 aromatic heterocycles. The van der Waals surface area contributed by atoms with E-state index < -0.39 is 7.14 Å². The van der Waals surface area contributed by atoms with Crippen molar-refractivity contribution in [2.75, 3.05) is 20.4 Å². The molecule has 0 heterocycles.